The third-order valence-electron chi connectivity index (χ3n) is 11.4. The molecule has 2 fully saturated rings. The fraction of sp³-hybridized carbons (Fsp3) is 0.422. The monoisotopic (exact) mass is 964 g/mol. The minimum absolute atomic E-state index is 0.00108. The van der Waals surface area contributed by atoms with Gasteiger partial charge in [-0.25, -0.2) is 37.5 Å². The van der Waals surface area contributed by atoms with Crippen molar-refractivity contribution in [2.24, 2.45) is 0 Å². The van der Waals surface area contributed by atoms with E-state index in [1.165, 1.54) is 76.6 Å². The number of rotatable bonds is 12. The third kappa shape index (κ3) is 11.5. The van der Waals surface area contributed by atoms with Gasteiger partial charge in [-0.3, -0.25) is 9.59 Å². The number of hydrogen-bond donors (Lipinski definition) is 3. The van der Waals surface area contributed by atoms with E-state index < -0.39 is 40.5 Å². The lowest BCUT2D eigenvalue weighted by Crippen LogP contribution is -2.34. The van der Waals surface area contributed by atoms with E-state index in [0.717, 1.165) is 12.1 Å². The quantitative estimate of drug-likeness (QED) is 0.0993. The van der Waals surface area contributed by atoms with Crippen LogP contribution in [0.2, 0.25) is 0 Å². The molecule has 2 aliphatic heterocycles. The van der Waals surface area contributed by atoms with Crippen LogP contribution in [0.1, 0.15) is 109 Å². The molecule has 18 nitrogen and oxygen atoms in total. The second-order valence-electron chi connectivity index (χ2n) is 17.5. The summed E-state index contributed by atoms with van der Waals surface area (Å²) in [5.74, 6) is -3.31. The molecule has 366 valence electrons. The summed E-state index contributed by atoms with van der Waals surface area (Å²) in [6, 6.07) is 7.74. The number of alkyl halides is 2. The lowest BCUT2D eigenvalue weighted by molar-refractivity contribution is 0.0826. The summed E-state index contributed by atoms with van der Waals surface area (Å²) in [4.78, 5) is 52.9. The van der Waals surface area contributed by atoms with Gasteiger partial charge in [-0.2, -0.15) is 18.7 Å². The van der Waals surface area contributed by atoms with E-state index in [4.69, 9.17) is 9.05 Å². The Labute approximate surface area is 392 Å². The molecule has 0 aliphatic carbocycles. The summed E-state index contributed by atoms with van der Waals surface area (Å²) in [7, 11) is 4.53. The molecule has 8 rings (SSSR count). The Bertz CT molecular complexity index is 2780. The van der Waals surface area contributed by atoms with Gasteiger partial charge in [0.05, 0.1) is 11.3 Å². The van der Waals surface area contributed by atoms with Crippen molar-refractivity contribution in [2.45, 2.75) is 76.6 Å². The van der Waals surface area contributed by atoms with Crippen LogP contribution in [0, 0.1) is 23.3 Å². The third-order valence-corrected chi connectivity index (χ3v) is 11.4. The highest BCUT2D eigenvalue weighted by Crippen LogP contribution is 2.35. The number of carbonyl (C=O) groups excluding carboxylic acids is 2. The predicted molar refractivity (Wildman–Crippen MR) is 240 cm³/mol. The lowest BCUT2D eigenvalue weighted by Gasteiger charge is -2.31. The minimum atomic E-state index is -1.70. The smallest absolute Gasteiger partial charge is 0.253 e. The van der Waals surface area contributed by atoms with Gasteiger partial charge in [0, 0.05) is 70.4 Å². The summed E-state index contributed by atoms with van der Waals surface area (Å²) >= 11 is 0. The van der Waals surface area contributed by atoms with Gasteiger partial charge < -0.3 is 39.7 Å². The number of piperidine rings is 2. The molecule has 4 aromatic heterocycles. The molecule has 2 saturated heterocycles. The highest BCUT2D eigenvalue weighted by atomic mass is 19.2. The van der Waals surface area contributed by atoms with E-state index in [1.807, 2.05) is 0 Å². The van der Waals surface area contributed by atoms with Crippen molar-refractivity contribution in [3.05, 3.63) is 107 Å². The highest BCUT2D eigenvalue weighted by Gasteiger charge is 2.33. The van der Waals surface area contributed by atoms with Gasteiger partial charge in [-0.05, 0) is 89.8 Å². The predicted octanol–water partition coefficient (Wildman–Crippen LogP) is 8.00. The van der Waals surface area contributed by atoms with Gasteiger partial charge >= 0.3 is 0 Å². The number of nitrogens with one attached hydrogen (secondary N) is 3. The number of hydrogen-bond acceptors (Lipinski definition) is 16. The molecule has 0 saturated carbocycles. The van der Waals surface area contributed by atoms with Crippen LogP contribution < -0.4 is 25.8 Å². The molecule has 2 aliphatic rings. The normalized spacial score (nSPS) is 14.8. The van der Waals surface area contributed by atoms with Gasteiger partial charge in [-0.1, -0.05) is 10.3 Å². The average Bonchev–Trinajstić information content (AvgIpc) is 4.04. The molecule has 0 radical (unpaired) electrons. The van der Waals surface area contributed by atoms with Crippen LogP contribution in [-0.2, 0) is 11.3 Å². The van der Waals surface area contributed by atoms with Crippen LogP contribution in [0.5, 0.6) is 0 Å². The molecule has 2 aromatic carbocycles. The first-order valence-electron chi connectivity index (χ1n) is 21.9. The number of halogens is 6. The molecule has 0 atom stereocenters. The number of anilines is 6. The van der Waals surface area contributed by atoms with Crippen molar-refractivity contribution in [1.29, 1.82) is 0 Å². The van der Waals surface area contributed by atoms with Gasteiger partial charge in [-0.15, -0.1) is 0 Å². The fourth-order valence-corrected chi connectivity index (χ4v) is 7.48. The van der Waals surface area contributed by atoms with Crippen LogP contribution >= 0.6 is 0 Å². The second kappa shape index (κ2) is 20.4. The van der Waals surface area contributed by atoms with E-state index in [-0.39, 0.29) is 75.2 Å². The number of carbonyl (C=O) groups is 2. The summed E-state index contributed by atoms with van der Waals surface area (Å²) < 4.78 is 97.8. The lowest BCUT2D eigenvalue weighted by atomic mass is 9.96. The molecule has 3 N–H and O–H groups in total. The first-order valence-corrected chi connectivity index (χ1v) is 21.9. The Morgan fingerprint density at radius 1 is 0.681 bits per heavy atom. The van der Waals surface area contributed by atoms with Crippen LogP contribution in [0.15, 0.2) is 58.1 Å². The maximum atomic E-state index is 15.2. The van der Waals surface area contributed by atoms with E-state index >= 15 is 8.78 Å². The second-order valence-corrected chi connectivity index (χ2v) is 17.5. The Hall–Kier alpha value is -7.40. The van der Waals surface area contributed by atoms with Crippen LogP contribution in [-0.4, -0.2) is 104 Å². The van der Waals surface area contributed by atoms with Gasteiger partial charge in [0.25, 0.3) is 11.8 Å². The van der Waals surface area contributed by atoms with Gasteiger partial charge in [0.2, 0.25) is 35.1 Å². The largest absolute Gasteiger partial charge is 0.355 e. The molecule has 2 amide bonds. The highest BCUT2D eigenvalue weighted by molar-refractivity contribution is 5.95. The Kier molecular flexibility index (Phi) is 14.7. The van der Waals surface area contributed by atoms with Gasteiger partial charge in [0.15, 0.2) is 34.6 Å². The molecule has 0 unspecified atom stereocenters. The van der Waals surface area contributed by atoms with E-state index in [2.05, 4.69) is 56.2 Å². The van der Waals surface area contributed by atoms with Crippen LogP contribution in [0.4, 0.5) is 61.0 Å². The average molecular weight is 965 g/mol. The fourth-order valence-electron chi connectivity index (χ4n) is 7.48. The SMILES string of the molecule is CN(C)C(=O)c1ccc(Nc2ncnc(N3CCC(c4nc(C(C)(C)F)no4)CC3)c2F)c(F)c1.CNC(=O)c1ccc(Nc2ncnc(N3CCC(c4nc(C(C)(C)F)no4)CC3)c2F)cc1F. The molecular formula is C45H50F6N14O4. The number of nitrogens with zero attached hydrogens (tertiary/aromatic N) is 11. The molecule has 6 aromatic rings. The molecule has 24 heteroatoms. The zero-order chi connectivity index (χ0) is 49.8. The standard InChI is InChI=1S/C23H26F3N7O2.C22H24F3N7O2/c1-23(2,26)22-30-20(35-31-22)13-7-9-33(10-8-13)19-17(25)18(27-12-28-19)29-16-6-5-14(11-15(16)24)21(34)32(3)4;1-22(2,25)21-30-20(34-31-21)12-6-8-32(9-7-12)18-16(24)17(27-11-28-18)29-13-4-5-14(15(23)10-13)19(33)26-3/h5-6,11-13H,7-10H2,1-4H3,(H,27,28,29);4-5,10-12H,6-9H2,1-3H3,(H,26,33)(H,27,28,29). The summed E-state index contributed by atoms with van der Waals surface area (Å²) in [5, 5.41) is 15.2. The van der Waals surface area contributed by atoms with Crippen molar-refractivity contribution >= 4 is 46.5 Å². The van der Waals surface area contributed by atoms with Gasteiger partial charge in [0.1, 0.15) is 24.3 Å². The molecular weight excluding hydrogens is 915 g/mol. The Morgan fingerprint density at radius 3 is 1.59 bits per heavy atom. The molecule has 0 spiro atoms. The molecule has 6 heterocycles. The van der Waals surface area contributed by atoms with Crippen molar-refractivity contribution < 1.29 is 45.0 Å². The zero-order valence-corrected chi connectivity index (χ0v) is 38.8. The topological polar surface area (TPSA) is 209 Å². The van der Waals surface area contributed by atoms with E-state index in [9.17, 15) is 27.2 Å². The van der Waals surface area contributed by atoms with Crippen LogP contribution in [0.25, 0.3) is 0 Å². The zero-order valence-electron chi connectivity index (χ0n) is 38.8. The maximum Gasteiger partial charge on any atom is 0.253 e. The number of benzene rings is 2. The number of aromatic nitrogens is 8. The van der Waals surface area contributed by atoms with Crippen molar-refractivity contribution in [2.75, 3.05) is 67.8 Å². The summed E-state index contributed by atoms with van der Waals surface area (Å²) in [6.45, 7) is 7.26. The van der Waals surface area contributed by atoms with E-state index in [0.29, 0.717) is 63.6 Å². The minimum Gasteiger partial charge on any atom is -0.355 e. The van der Waals surface area contributed by atoms with Crippen molar-refractivity contribution in [1.82, 2.24) is 50.4 Å². The van der Waals surface area contributed by atoms with Crippen LogP contribution in [0.3, 0.4) is 0 Å². The Morgan fingerprint density at radius 2 is 1.17 bits per heavy atom. The maximum absolute atomic E-state index is 15.2. The first-order chi connectivity index (χ1) is 32.7. The van der Waals surface area contributed by atoms with Crippen molar-refractivity contribution in [3.63, 3.8) is 0 Å². The Balaban J connectivity index is 0.000000204. The molecule has 69 heavy (non-hydrogen) atoms. The van der Waals surface area contributed by atoms with Crippen molar-refractivity contribution in [3.8, 4) is 0 Å². The summed E-state index contributed by atoms with van der Waals surface area (Å²) in [6.07, 6.45) is 4.75. The summed E-state index contributed by atoms with van der Waals surface area (Å²) in [5.41, 5.74) is -3.13. The molecule has 0 bridgehead atoms. The van der Waals surface area contributed by atoms with E-state index in [1.54, 1.807) is 23.9 Å². The number of amides is 2. The first kappa shape index (κ1) is 49.5.